The van der Waals surface area contributed by atoms with Gasteiger partial charge in [0, 0.05) is 5.02 Å². The van der Waals surface area contributed by atoms with Crippen molar-refractivity contribution in [1.29, 1.82) is 0 Å². The van der Waals surface area contributed by atoms with Gasteiger partial charge in [0.1, 0.15) is 5.75 Å². The van der Waals surface area contributed by atoms with E-state index in [1.807, 2.05) is 0 Å². The summed E-state index contributed by atoms with van der Waals surface area (Å²) in [6, 6.07) is 5.84. The van der Waals surface area contributed by atoms with Gasteiger partial charge in [0.15, 0.2) is 0 Å². The number of carboxylic acids is 2. The van der Waals surface area contributed by atoms with Crippen molar-refractivity contribution in [2.24, 2.45) is 0 Å². The lowest BCUT2D eigenvalue weighted by atomic mass is 10.3. The van der Waals surface area contributed by atoms with Gasteiger partial charge in [-0.3, -0.25) is 0 Å². The van der Waals surface area contributed by atoms with Gasteiger partial charge in [-0.1, -0.05) is 17.7 Å². The molecule has 0 aliphatic heterocycles. The molecule has 0 saturated carbocycles. The first-order valence-corrected chi connectivity index (χ1v) is 4.26. The van der Waals surface area contributed by atoms with Crippen molar-refractivity contribution in [2.45, 2.75) is 6.10 Å². The van der Waals surface area contributed by atoms with Gasteiger partial charge in [-0.15, -0.1) is 0 Å². The van der Waals surface area contributed by atoms with Gasteiger partial charge in [-0.25, -0.2) is 9.59 Å². The molecule has 1 rings (SSSR count). The number of carboxylic acid groups (broad SMARTS) is 2. The molecule has 0 fully saturated rings. The average Bonchev–Trinajstić information content (AvgIpc) is 2.13. The average molecular weight is 231 g/mol. The fourth-order valence-corrected chi connectivity index (χ4v) is 1.06. The summed E-state index contributed by atoms with van der Waals surface area (Å²) < 4.78 is 4.73. The standard InChI is InChI=1S/C9H7ClO5/c10-5-2-1-3-6(4-5)15-7(8(11)12)9(13)14/h1-4,7H,(H,11,12)(H,13,14). The molecule has 0 aliphatic rings. The molecular formula is C9H7ClO5. The fourth-order valence-electron chi connectivity index (χ4n) is 0.883. The maximum atomic E-state index is 10.5. The first-order valence-electron chi connectivity index (χ1n) is 3.88. The van der Waals surface area contributed by atoms with E-state index >= 15 is 0 Å². The second-order valence-electron chi connectivity index (χ2n) is 2.63. The number of hydrogen-bond acceptors (Lipinski definition) is 3. The number of hydrogen-bond donors (Lipinski definition) is 2. The Morgan fingerprint density at radius 3 is 2.33 bits per heavy atom. The highest BCUT2D eigenvalue weighted by atomic mass is 35.5. The predicted octanol–water partition coefficient (Wildman–Crippen LogP) is 1.26. The smallest absolute Gasteiger partial charge is 0.356 e. The summed E-state index contributed by atoms with van der Waals surface area (Å²) in [5, 5.41) is 17.4. The minimum absolute atomic E-state index is 0.0947. The molecule has 0 amide bonds. The van der Waals surface area contributed by atoms with Gasteiger partial charge in [0.05, 0.1) is 0 Å². The summed E-state index contributed by atoms with van der Waals surface area (Å²) in [6.07, 6.45) is -1.93. The van der Waals surface area contributed by atoms with E-state index in [1.165, 1.54) is 18.2 Å². The number of ether oxygens (including phenoxy) is 1. The van der Waals surface area contributed by atoms with Crippen molar-refractivity contribution in [2.75, 3.05) is 0 Å². The zero-order valence-corrected chi connectivity index (χ0v) is 8.14. The van der Waals surface area contributed by atoms with Crippen molar-refractivity contribution >= 4 is 23.5 Å². The second kappa shape index (κ2) is 4.65. The quantitative estimate of drug-likeness (QED) is 0.761. The Balaban J connectivity index is 2.83. The zero-order chi connectivity index (χ0) is 11.4. The molecule has 6 heteroatoms. The van der Waals surface area contributed by atoms with Crippen molar-refractivity contribution in [3.05, 3.63) is 29.3 Å². The molecule has 0 aliphatic carbocycles. The third kappa shape index (κ3) is 3.14. The van der Waals surface area contributed by atoms with E-state index in [4.69, 9.17) is 26.6 Å². The number of carbonyl (C=O) groups is 2. The molecule has 0 spiro atoms. The van der Waals surface area contributed by atoms with Crippen LogP contribution in [0.2, 0.25) is 5.02 Å². The third-order valence-corrected chi connectivity index (χ3v) is 1.73. The van der Waals surface area contributed by atoms with Gasteiger partial charge in [0.25, 0.3) is 6.10 Å². The molecule has 5 nitrogen and oxygen atoms in total. The topological polar surface area (TPSA) is 83.8 Å². The van der Waals surface area contributed by atoms with Crippen LogP contribution >= 0.6 is 11.6 Å². The summed E-state index contributed by atoms with van der Waals surface area (Å²) in [5.74, 6) is -3.04. The van der Waals surface area contributed by atoms with Gasteiger partial charge in [-0.05, 0) is 18.2 Å². The van der Waals surface area contributed by atoms with Crippen LogP contribution in [0.5, 0.6) is 5.75 Å². The minimum atomic E-state index is -1.93. The number of benzene rings is 1. The van der Waals surface area contributed by atoms with E-state index in [2.05, 4.69) is 0 Å². The largest absolute Gasteiger partial charge is 0.478 e. The van der Waals surface area contributed by atoms with Crippen molar-refractivity contribution in [3.63, 3.8) is 0 Å². The lowest BCUT2D eigenvalue weighted by Crippen LogP contribution is -2.35. The Hall–Kier alpha value is -1.75. The summed E-state index contributed by atoms with van der Waals surface area (Å²) >= 11 is 5.61. The van der Waals surface area contributed by atoms with E-state index in [1.54, 1.807) is 6.07 Å². The molecule has 1 aromatic rings. The van der Waals surface area contributed by atoms with Gasteiger partial charge < -0.3 is 14.9 Å². The van der Waals surface area contributed by atoms with Crippen molar-refractivity contribution < 1.29 is 24.5 Å². The lowest BCUT2D eigenvalue weighted by molar-refractivity contribution is -0.159. The SMILES string of the molecule is O=C(O)C(Oc1cccc(Cl)c1)C(=O)O. The van der Waals surface area contributed by atoms with Gasteiger partial charge >= 0.3 is 11.9 Å². The Bertz CT molecular complexity index is 376. The Kier molecular flexibility index (Phi) is 3.51. The summed E-state index contributed by atoms with van der Waals surface area (Å²) in [5.41, 5.74) is 0. The highest BCUT2D eigenvalue weighted by Gasteiger charge is 2.27. The maximum absolute atomic E-state index is 10.5. The van der Waals surface area contributed by atoms with Crippen LogP contribution in [-0.4, -0.2) is 28.3 Å². The van der Waals surface area contributed by atoms with Crippen LogP contribution in [-0.2, 0) is 9.59 Å². The molecule has 0 bridgehead atoms. The molecule has 1 aromatic carbocycles. The van der Waals surface area contributed by atoms with Gasteiger partial charge in [-0.2, -0.15) is 0 Å². The molecule has 0 aromatic heterocycles. The molecule has 15 heavy (non-hydrogen) atoms. The zero-order valence-electron chi connectivity index (χ0n) is 7.38. The maximum Gasteiger partial charge on any atom is 0.356 e. The molecular weight excluding hydrogens is 224 g/mol. The number of aliphatic carboxylic acids is 2. The van der Waals surface area contributed by atoms with E-state index < -0.39 is 18.0 Å². The molecule has 0 saturated heterocycles. The van der Waals surface area contributed by atoms with Crippen molar-refractivity contribution in [1.82, 2.24) is 0 Å². The molecule has 2 N–H and O–H groups in total. The first kappa shape index (κ1) is 11.3. The lowest BCUT2D eigenvalue weighted by Gasteiger charge is -2.10. The van der Waals surface area contributed by atoms with Crippen LogP contribution in [0.15, 0.2) is 24.3 Å². The number of rotatable bonds is 4. The molecule has 0 atom stereocenters. The van der Waals surface area contributed by atoms with E-state index in [9.17, 15) is 9.59 Å². The van der Waals surface area contributed by atoms with E-state index in [0.717, 1.165) is 0 Å². The van der Waals surface area contributed by atoms with Crippen LogP contribution in [0.4, 0.5) is 0 Å². The minimum Gasteiger partial charge on any atom is -0.478 e. The van der Waals surface area contributed by atoms with E-state index in [-0.39, 0.29) is 5.75 Å². The number of halogens is 1. The highest BCUT2D eigenvalue weighted by molar-refractivity contribution is 6.30. The van der Waals surface area contributed by atoms with Gasteiger partial charge in [0.2, 0.25) is 0 Å². The Labute approximate surface area is 89.9 Å². The third-order valence-electron chi connectivity index (χ3n) is 1.50. The van der Waals surface area contributed by atoms with Crippen LogP contribution in [0.1, 0.15) is 0 Å². The van der Waals surface area contributed by atoms with Crippen LogP contribution < -0.4 is 4.74 Å². The normalized spacial score (nSPS) is 10.0. The predicted molar refractivity (Wildman–Crippen MR) is 51.1 cm³/mol. The monoisotopic (exact) mass is 230 g/mol. The Morgan fingerprint density at radius 1 is 1.27 bits per heavy atom. The highest BCUT2D eigenvalue weighted by Crippen LogP contribution is 2.18. The molecule has 0 heterocycles. The van der Waals surface area contributed by atoms with Crippen LogP contribution in [0, 0.1) is 0 Å². The summed E-state index contributed by atoms with van der Waals surface area (Å²) in [7, 11) is 0. The Morgan fingerprint density at radius 2 is 1.87 bits per heavy atom. The van der Waals surface area contributed by atoms with Crippen LogP contribution in [0.3, 0.4) is 0 Å². The molecule has 80 valence electrons. The molecule has 0 radical (unpaired) electrons. The summed E-state index contributed by atoms with van der Waals surface area (Å²) in [4.78, 5) is 21.0. The van der Waals surface area contributed by atoms with E-state index in [0.29, 0.717) is 5.02 Å². The first-order chi connectivity index (χ1) is 7.00. The summed E-state index contributed by atoms with van der Waals surface area (Å²) in [6.45, 7) is 0. The van der Waals surface area contributed by atoms with Crippen molar-refractivity contribution in [3.8, 4) is 5.75 Å². The molecule has 0 unspecified atom stereocenters. The van der Waals surface area contributed by atoms with Crippen LogP contribution in [0.25, 0.3) is 0 Å². The second-order valence-corrected chi connectivity index (χ2v) is 3.07. The fraction of sp³-hybridized carbons (Fsp3) is 0.111.